The van der Waals surface area contributed by atoms with Crippen LogP contribution in [0, 0.1) is 17.8 Å². The third-order valence-corrected chi connectivity index (χ3v) is 7.53. The second kappa shape index (κ2) is 7.42. The maximum atomic E-state index is 12.8. The molecule has 29 heavy (non-hydrogen) atoms. The molecule has 0 radical (unpaired) electrons. The summed E-state index contributed by atoms with van der Waals surface area (Å²) in [6.45, 7) is 1.59. The van der Waals surface area contributed by atoms with Crippen LogP contribution in [0.3, 0.4) is 0 Å². The summed E-state index contributed by atoms with van der Waals surface area (Å²) in [5, 5.41) is 3.23. The van der Waals surface area contributed by atoms with Crippen LogP contribution in [0.4, 0.5) is 0 Å². The number of carbonyl (C=O) groups excluding carboxylic acids is 2. The van der Waals surface area contributed by atoms with Gasteiger partial charge in [-0.25, -0.2) is 13.2 Å². The lowest BCUT2D eigenvalue weighted by Gasteiger charge is -2.57. The van der Waals surface area contributed by atoms with E-state index in [-0.39, 0.29) is 22.8 Å². The van der Waals surface area contributed by atoms with E-state index in [0.29, 0.717) is 5.56 Å². The van der Waals surface area contributed by atoms with Crippen molar-refractivity contribution in [3.05, 3.63) is 35.4 Å². The van der Waals surface area contributed by atoms with Crippen LogP contribution < -0.4 is 5.32 Å². The van der Waals surface area contributed by atoms with E-state index in [1.807, 2.05) is 0 Å². The summed E-state index contributed by atoms with van der Waals surface area (Å²) in [6.07, 6.45) is 7.26. The monoisotopic (exact) mass is 419 g/mol. The maximum Gasteiger partial charge on any atom is 0.338 e. The van der Waals surface area contributed by atoms with Gasteiger partial charge in [-0.15, -0.1) is 0 Å². The summed E-state index contributed by atoms with van der Waals surface area (Å²) in [4.78, 5) is 25.3. The minimum absolute atomic E-state index is 0.123. The molecule has 7 heteroatoms. The third-order valence-electron chi connectivity index (χ3n) is 6.67. The summed E-state index contributed by atoms with van der Waals surface area (Å²) in [7, 11) is -3.20. The van der Waals surface area contributed by atoms with Crippen LogP contribution in [-0.4, -0.2) is 38.2 Å². The zero-order valence-electron chi connectivity index (χ0n) is 17.0. The van der Waals surface area contributed by atoms with Gasteiger partial charge in [-0.1, -0.05) is 12.1 Å². The van der Waals surface area contributed by atoms with Crippen LogP contribution in [0.25, 0.3) is 0 Å². The largest absolute Gasteiger partial charge is 0.449 e. The van der Waals surface area contributed by atoms with Crippen molar-refractivity contribution in [3.63, 3.8) is 0 Å². The molecule has 6 nitrogen and oxygen atoms in total. The molecule has 4 fully saturated rings. The summed E-state index contributed by atoms with van der Waals surface area (Å²) in [5.41, 5.74) is 0.648. The Labute approximate surface area is 172 Å². The molecule has 4 aliphatic carbocycles. The molecule has 0 aliphatic heterocycles. The van der Waals surface area contributed by atoms with Gasteiger partial charge in [0, 0.05) is 11.8 Å². The van der Waals surface area contributed by atoms with Gasteiger partial charge in [0.2, 0.25) is 0 Å². The van der Waals surface area contributed by atoms with Crippen LogP contribution in [-0.2, 0) is 25.1 Å². The Morgan fingerprint density at radius 1 is 1.14 bits per heavy atom. The fourth-order valence-electron chi connectivity index (χ4n) is 6.00. The molecule has 0 spiro atoms. The van der Waals surface area contributed by atoms with Gasteiger partial charge in [-0.2, -0.15) is 0 Å². The minimum Gasteiger partial charge on any atom is -0.449 e. The van der Waals surface area contributed by atoms with E-state index in [4.69, 9.17) is 4.74 Å². The van der Waals surface area contributed by atoms with Crippen molar-refractivity contribution in [2.24, 2.45) is 17.8 Å². The van der Waals surface area contributed by atoms with Crippen LogP contribution in [0.1, 0.15) is 61.4 Å². The Hall–Kier alpha value is -1.89. The molecule has 4 aliphatic rings. The van der Waals surface area contributed by atoms with Gasteiger partial charge in [0.15, 0.2) is 15.9 Å². The third kappa shape index (κ3) is 4.65. The highest BCUT2D eigenvalue weighted by molar-refractivity contribution is 7.89. The summed E-state index contributed by atoms with van der Waals surface area (Å²) >= 11 is 0. The molecule has 158 valence electrons. The first-order chi connectivity index (χ1) is 13.6. The average Bonchev–Trinajstić information content (AvgIpc) is 2.58. The number of esters is 1. The van der Waals surface area contributed by atoms with Crippen molar-refractivity contribution in [1.29, 1.82) is 0 Å². The Morgan fingerprint density at radius 3 is 2.28 bits per heavy atom. The molecule has 5 rings (SSSR count). The first-order valence-corrected chi connectivity index (χ1v) is 12.5. The Bertz CT molecular complexity index is 888. The maximum absolute atomic E-state index is 12.8. The van der Waals surface area contributed by atoms with Gasteiger partial charge in [0.05, 0.1) is 11.3 Å². The number of nitrogens with one attached hydrogen (secondary N) is 1. The number of benzene rings is 1. The van der Waals surface area contributed by atoms with E-state index < -0.39 is 21.9 Å². The Morgan fingerprint density at radius 2 is 1.72 bits per heavy atom. The van der Waals surface area contributed by atoms with Crippen LogP contribution in [0.2, 0.25) is 0 Å². The predicted molar refractivity (Wildman–Crippen MR) is 109 cm³/mol. The van der Waals surface area contributed by atoms with E-state index in [9.17, 15) is 18.0 Å². The van der Waals surface area contributed by atoms with Crippen LogP contribution >= 0.6 is 0 Å². The summed E-state index contributed by atoms with van der Waals surface area (Å²) in [6, 6.07) is 6.35. The van der Waals surface area contributed by atoms with Crippen molar-refractivity contribution >= 4 is 21.7 Å². The lowest BCUT2D eigenvalue weighted by Crippen LogP contribution is -2.61. The van der Waals surface area contributed by atoms with Crippen molar-refractivity contribution in [1.82, 2.24) is 5.32 Å². The average molecular weight is 420 g/mol. The van der Waals surface area contributed by atoms with E-state index in [1.54, 1.807) is 25.1 Å². The van der Waals surface area contributed by atoms with Gasteiger partial charge < -0.3 is 10.1 Å². The van der Waals surface area contributed by atoms with Crippen LogP contribution in [0.5, 0.6) is 0 Å². The van der Waals surface area contributed by atoms with E-state index in [1.165, 1.54) is 25.3 Å². The van der Waals surface area contributed by atoms with Gasteiger partial charge in [0.25, 0.3) is 5.91 Å². The molecule has 4 bridgehead atoms. The molecule has 1 amide bonds. The van der Waals surface area contributed by atoms with E-state index in [0.717, 1.165) is 43.3 Å². The second-order valence-electron chi connectivity index (χ2n) is 9.51. The van der Waals surface area contributed by atoms with E-state index >= 15 is 0 Å². The molecule has 4 saturated carbocycles. The summed E-state index contributed by atoms with van der Waals surface area (Å²) in [5.74, 6) is 1.16. The number of hydrogen-bond acceptors (Lipinski definition) is 5. The topological polar surface area (TPSA) is 89.5 Å². The highest BCUT2D eigenvalue weighted by Gasteiger charge is 2.51. The lowest BCUT2D eigenvalue weighted by atomic mass is 9.53. The molecule has 0 unspecified atom stereocenters. The minimum atomic E-state index is -3.20. The fourth-order valence-corrected chi connectivity index (χ4v) is 6.78. The van der Waals surface area contributed by atoms with Gasteiger partial charge in [-0.05, 0) is 80.9 Å². The molecule has 1 N–H and O–H groups in total. The molecule has 1 aromatic carbocycles. The molecule has 0 aromatic heterocycles. The highest BCUT2D eigenvalue weighted by Crippen LogP contribution is 2.55. The fraction of sp³-hybridized carbons (Fsp3) is 0.636. The number of carbonyl (C=O) groups is 2. The lowest BCUT2D eigenvalue weighted by molar-refractivity contribution is -0.134. The van der Waals surface area contributed by atoms with Crippen molar-refractivity contribution in [2.45, 2.75) is 62.8 Å². The second-order valence-corrected chi connectivity index (χ2v) is 11.6. The first-order valence-electron chi connectivity index (χ1n) is 10.4. The first kappa shape index (κ1) is 20.4. The molecule has 0 saturated heterocycles. The van der Waals surface area contributed by atoms with Gasteiger partial charge >= 0.3 is 5.97 Å². The number of ether oxygens (including phenoxy) is 1. The SMILES string of the molecule is C[C@H](OC(=O)c1cccc(CS(C)(=O)=O)c1)C(=O)NC12CC3CC(CC(C3)C1)C2. The smallest absolute Gasteiger partial charge is 0.338 e. The van der Waals surface area contributed by atoms with Gasteiger partial charge in [-0.3, -0.25) is 4.79 Å². The highest BCUT2D eigenvalue weighted by atomic mass is 32.2. The number of rotatable bonds is 6. The number of hydrogen-bond donors (Lipinski definition) is 1. The molecule has 0 heterocycles. The summed E-state index contributed by atoms with van der Waals surface area (Å²) < 4.78 is 28.4. The molecule has 1 aromatic rings. The number of amides is 1. The van der Waals surface area contributed by atoms with Crippen molar-refractivity contribution < 1.29 is 22.7 Å². The molecular weight excluding hydrogens is 390 g/mol. The normalized spacial score (nSPS) is 31.3. The van der Waals surface area contributed by atoms with Crippen molar-refractivity contribution in [2.75, 3.05) is 6.26 Å². The number of sulfone groups is 1. The predicted octanol–water partition coefficient (Wildman–Crippen LogP) is 2.86. The zero-order valence-corrected chi connectivity index (χ0v) is 17.8. The van der Waals surface area contributed by atoms with Crippen LogP contribution in [0.15, 0.2) is 24.3 Å². The van der Waals surface area contributed by atoms with Gasteiger partial charge in [0.1, 0.15) is 0 Å². The quantitative estimate of drug-likeness (QED) is 0.716. The molecule has 1 atom stereocenters. The Kier molecular flexibility index (Phi) is 5.21. The standard InChI is InChI=1S/C22H29NO5S/c1-14(28-21(25)19-5-3-4-15(9-19)13-29(2,26)27)20(24)23-22-10-16-6-17(11-22)8-18(7-16)12-22/h3-5,9,14,16-18H,6-8,10-13H2,1-2H3,(H,23,24)/t14-,16?,17?,18?,22?/m0/s1. The molecular formula is C22H29NO5S. The zero-order chi connectivity index (χ0) is 20.8. The Balaban J connectivity index is 1.38. The van der Waals surface area contributed by atoms with Crippen molar-refractivity contribution in [3.8, 4) is 0 Å². The van der Waals surface area contributed by atoms with E-state index in [2.05, 4.69) is 5.32 Å².